The minimum absolute atomic E-state index is 0.465. The standard InChI is InChI=1S/C8H16/c1-5-6-7-8(2,3)4/h5-6H,7H2,1-4H3. The van der Waals surface area contributed by atoms with E-state index in [9.17, 15) is 0 Å². The Bertz CT molecular complexity index is 72.5. The van der Waals surface area contributed by atoms with E-state index in [1.165, 1.54) is 6.42 Å². The van der Waals surface area contributed by atoms with Crippen LogP contribution in [0, 0.1) is 5.41 Å². The van der Waals surface area contributed by atoms with E-state index in [1.54, 1.807) is 0 Å². The van der Waals surface area contributed by atoms with E-state index >= 15 is 0 Å². The summed E-state index contributed by atoms with van der Waals surface area (Å²) >= 11 is 0. The Labute approximate surface area is 52.6 Å². The van der Waals surface area contributed by atoms with Gasteiger partial charge in [-0.15, -0.1) is 0 Å². The van der Waals surface area contributed by atoms with Crippen molar-refractivity contribution in [1.29, 1.82) is 0 Å². The summed E-state index contributed by atoms with van der Waals surface area (Å²) in [5.74, 6) is 0. The van der Waals surface area contributed by atoms with Gasteiger partial charge in [-0.25, -0.2) is 0 Å². The van der Waals surface area contributed by atoms with Gasteiger partial charge in [-0.3, -0.25) is 0 Å². The zero-order valence-corrected chi connectivity index (χ0v) is 6.36. The normalized spacial score (nSPS) is 13.0. The van der Waals surface area contributed by atoms with Gasteiger partial charge in [-0.2, -0.15) is 0 Å². The lowest BCUT2D eigenvalue weighted by Gasteiger charge is -2.13. The molecule has 0 aromatic rings. The van der Waals surface area contributed by atoms with Crippen LogP contribution in [-0.4, -0.2) is 0 Å². The second kappa shape index (κ2) is 2.91. The van der Waals surface area contributed by atoms with Gasteiger partial charge >= 0.3 is 0 Å². The minimum Gasteiger partial charge on any atom is -0.0916 e. The van der Waals surface area contributed by atoms with Gasteiger partial charge in [0.1, 0.15) is 0 Å². The van der Waals surface area contributed by atoms with E-state index in [2.05, 4.69) is 39.8 Å². The molecule has 0 aliphatic rings. The Balaban J connectivity index is 3.39. The summed E-state index contributed by atoms with van der Waals surface area (Å²) in [5.41, 5.74) is 0.465. The maximum Gasteiger partial charge on any atom is -0.0302 e. The monoisotopic (exact) mass is 112 g/mol. The van der Waals surface area contributed by atoms with Crippen molar-refractivity contribution < 1.29 is 0 Å². The predicted molar refractivity (Wildman–Crippen MR) is 38.9 cm³/mol. The first-order chi connectivity index (χ1) is 3.56. The van der Waals surface area contributed by atoms with Gasteiger partial charge in [0.05, 0.1) is 0 Å². The highest BCUT2D eigenvalue weighted by Gasteiger charge is 2.05. The van der Waals surface area contributed by atoms with Crippen LogP contribution in [0.2, 0.25) is 0 Å². The number of hydrogen-bond donors (Lipinski definition) is 0. The number of hydrogen-bond acceptors (Lipinski definition) is 0. The van der Waals surface area contributed by atoms with Crippen LogP contribution in [0.15, 0.2) is 12.2 Å². The van der Waals surface area contributed by atoms with Gasteiger partial charge in [0.25, 0.3) is 0 Å². The van der Waals surface area contributed by atoms with Crippen LogP contribution < -0.4 is 0 Å². The zero-order valence-electron chi connectivity index (χ0n) is 6.36. The summed E-state index contributed by atoms with van der Waals surface area (Å²) in [5, 5.41) is 0. The Morgan fingerprint density at radius 2 is 1.75 bits per heavy atom. The van der Waals surface area contributed by atoms with E-state index < -0.39 is 0 Å². The Hall–Kier alpha value is -0.260. The average Bonchev–Trinajstić information content (AvgIpc) is 1.59. The van der Waals surface area contributed by atoms with Crippen molar-refractivity contribution in [1.82, 2.24) is 0 Å². The van der Waals surface area contributed by atoms with E-state index in [0.29, 0.717) is 5.41 Å². The maximum atomic E-state index is 2.24. The molecule has 0 aliphatic carbocycles. The van der Waals surface area contributed by atoms with E-state index in [1.807, 2.05) is 0 Å². The molecule has 8 heavy (non-hydrogen) atoms. The SMILES string of the molecule is CC=CCC(C)(C)C. The molecule has 0 aromatic heterocycles. The molecule has 0 aliphatic heterocycles. The molecule has 0 bridgehead atoms. The molecule has 0 saturated heterocycles. The molecule has 48 valence electrons. The lowest BCUT2D eigenvalue weighted by Crippen LogP contribution is -2.01. The molecule has 0 spiro atoms. The molecule has 0 N–H and O–H groups in total. The molecule has 0 amide bonds. The van der Waals surface area contributed by atoms with Gasteiger partial charge in [0.15, 0.2) is 0 Å². The molecular weight excluding hydrogens is 96.1 g/mol. The topological polar surface area (TPSA) is 0 Å². The average molecular weight is 112 g/mol. The van der Waals surface area contributed by atoms with Crippen LogP contribution in [0.5, 0.6) is 0 Å². The summed E-state index contributed by atoms with van der Waals surface area (Å²) in [6, 6.07) is 0. The fourth-order valence-electron chi connectivity index (χ4n) is 0.471. The van der Waals surface area contributed by atoms with Crippen molar-refractivity contribution >= 4 is 0 Å². The van der Waals surface area contributed by atoms with Gasteiger partial charge < -0.3 is 0 Å². The number of rotatable bonds is 1. The molecule has 0 saturated carbocycles. The first-order valence-corrected chi connectivity index (χ1v) is 3.17. The van der Waals surface area contributed by atoms with Gasteiger partial charge in [-0.05, 0) is 18.8 Å². The van der Waals surface area contributed by atoms with Crippen LogP contribution in [0.25, 0.3) is 0 Å². The second-order valence-electron chi connectivity index (χ2n) is 3.33. The van der Waals surface area contributed by atoms with Crippen molar-refractivity contribution in [2.75, 3.05) is 0 Å². The Morgan fingerprint density at radius 1 is 1.25 bits per heavy atom. The fourth-order valence-corrected chi connectivity index (χ4v) is 0.471. The maximum absolute atomic E-state index is 2.24. The van der Waals surface area contributed by atoms with Crippen LogP contribution in [0.1, 0.15) is 34.1 Å². The molecule has 0 heterocycles. The molecule has 0 rings (SSSR count). The molecule has 0 fully saturated rings. The molecule has 0 unspecified atom stereocenters. The molecule has 0 radical (unpaired) electrons. The van der Waals surface area contributed by atoms with Crippen molar-refractivity contribution in [3.8, 4) is 0 Å². The summed E-state index contributed by atoms with van der Waals surface area (Å²) < 4.78 is 0. The van der Waals surface area contributed by atoms with Crippen molar-refractivity contribution in [3.63, 3.8) is 0 Å². The first kappa shape index (κ1) is 7.74. The van der Waals surface area contributed by atoms with Crippen LogP contribution in [0.4, 0.5) is 0 Å². The summed E-state index contributed by atoms with van der Waals surface area (Å²) in [4.78, 5) is 0. The summed E-state index contributed by atoms with van der Waals surface area (Å²) in [6.45, 7) is 8.79. The molecule has 0 heteroatoms. The molecule has 0 nitrogen and oxygen atoms in total. The van der Waals surface area contributed by atoms with E-state index in [4.69, 9.17) is 0 Å². The van der Waals surface area contributed by atoms with Crippen LogP contribution in [-0.2, 0) is 0 Å². The van der Waals surface area contributed by atoms with Gasteiger partial charge in [0.2, 0.25) is 0 Å². The molecular formula is C8H16. The highest BCUT2D eigenvalue weighted by atomic mass is 14.1. The quantitative estimate of drug-likeness (QED) is 0.457. The van der Waals surface area contributed by atoms with Crippen molar-refractivity contribution in [3.05, 3.63) is 12.2 Å². The van der Waals surface area contributed by atoms with Crippen LogP contribution in [0.3, 0.4) is 0 Å². The molecule has 0 atom stereocenters. The Kier molecular flexibility index (Phi) is 2.81. The lowest BCUT2D eigenvalue weighted by molar-refractivity contribution is 0.420. The second-order valence-corrected chi connectivity index (χ2v) is 3.33. The fraction of sp³-hybridized carbons (Fsp3) is 0.750. The smallest absolute Gasteiger partial charge is 0.0302 e. The summed E-state index contributed by atoms with van der Waals surface area (Å²) in [7, 11) is 0. The van der Waals surface area contributed by atoms with E-state index in [-0.39, 0.29) is 0 Å². The zero-order chi connectivity index (χ0) is 6.62. The van der Waals surface area contributed by atoms with Crippen LogP contribution >= 0.6 is 0 Å². The van der Waals surface area contributed by atoms with Gasteiger partial charge in [-0.1, -0.05) is 32.9 Å². The first-order valence-electron chi connectivity index (χ1n) is 3.17. The van der Waals surface area contributed by atoms with E-state index in [0.717, 1.165) is 0 Å². The highest BCUT2D eigenvalue weighted by Crippen LogP contribution is 2.18. The largest absolute Gasteiger partial charge is 0.0916 e. The lowest BCUT2D eigenvalue weighted by atomic mass is 9.92. The van der Waals surface area contributed by atoms with Gasteiger partial charge in [0, 0.05) is 0 Å². The molecule has 0 aromatic carbocycles. The predicted octanol–water partition coefficient (Wildman–Crippen LogP) is 3.00. The number of allylic oxidation sites excluding steroid dienone is 2. The third kappa shape index (κ3) is 5.74. The van der Waals surface area contributed by atoms with Crippen molar-refractivity contribution in [2.24, 2.45) is 5.41 Å². The minimum atomic E-state index is 0.465. The third-order valence-corrected chi connectivity index (χ3v) is 0.966. The third-order valence-electron chi connectivity index (χ3n) is 0.966. The summed E-state index contributed by atoms with van der Waals surface area (Å²) in [6.07, 6.45) is 5.49. The highest BCUT2D eigenvalue weighted by molar-refractivity contribution is 4.82. The Morgan fingerprint density at radius 3 is 1.88 bits per heavy atom. The van der Waals surface area contributed by atoms with Crippen molar-refractivity contribution in [2.45, 2.75) is 34.1 Å².